The van der Waals surface area contributed by atoms with Crippen LogP contribution in [0, 0.1) is 0 Å². The summed E-state index contributed by atoms with van der Waals surface area (Å²) in [5.74, 6) is 0.0313. The standard InChI is InChI=1S/C12H22N2O2S/c1-17-12(4-5-12)9-14-11(15)8-16-10-2-6-13-7-3-10/h10,13H,2-9H2,1H3,(H,14,15). The number of thioether (sulfide) groups is 1. The quantitative estimate of drug-likeness (QED) is 0.739. The number of rotatable bonds is 6. The average molecular weight is 258 g/mol. The molecule has 1 saturated heterocycles. The fourth-order valence-electron chi connectivity index (χ4n) is 2.06. The molecule has 0 radical (unpaired) electrons. The lowest BCUT2D eigenvalue weighted by Crippen LogP contribution is -2.37. The van der Waals surface area contributed by atoms with E-state index in [1.54, 1.807) is 0 Å². The number of nitrogens with one attached hydrogen (secondary N) is 2. The third kappa shape index (κ3) is 4.16. The molecule has 1 heterocycles. The van der Waals surface area contributed by atoms with Gasteiger partial charge in [0.1, 0.15) is 6.61 Å². The van der Waals surface area contributed by atoms with Crippen molar-refractivity contribution in [2.75, 3.05) is 32.5 Å². The maximum atomic E-state index is 11.6. The summed E-state index contributed by atoms with van der Waals surface area (Å²) in [6, 6.07) is 0. The Kier molecular flexibility index (Phi) is 4.70. The van der Waals surface area contributed by atoms with Gasteiger partial charge in [0.05, 0.1) is 6.10 Å². The van der Waals surface area contributed by atoms with Crippen LogP contribution < -0.4 is 10.6 Å². The van der Waals surface area contributed by atoms with Crippen LogP contribution in [0.15, 0.2) is 0 Å². The fourth-order valence-corrected chi connectivity index (χ4v) is 2.79. The van der Waals surface area contributed by atoms with E-state index in [4.69, 9.17) is 4.74 Å². The van der Waals surface area contributed by atoms with Crippen LogP contribution in [0.4, 0.5) is 0 Å². The highest BCUT2D eigenvalue weighted by Crippen LogP contribution is 2.46. The summed E-state index contributed by atoms with van der Waals surface area (Å²) >= 11 is 1.86. The van der Waals surface area contributed by atoms with E-state index in [1.165, 1.54) is 12.8 Å². The number of hydrogen-bond donors (Lipinski definition) is 2. The number of piperidine rings is 1. The highest BCUT2D eigenvalue weighted by atomic mass is 32.2. The maximum Gasteiger partial charge on any atom is 0.246 e. The molecule has 5 heteroatoms. The van der Waals surface area contributed by atoms with Crippen LogP contribution in [0.2, 0.25) is 0 Å². The van der Waals surface area contributed by atoms with E-state index in [2.05, 4.69) is 16.9 Å². The number of hydrogen-bond acceptors (Lipinski definition) is 4. The number of ether oxygens (including phenoxy) is 1. The van der Waals surface area contributed by atoms with E-state index >= 15 is 0 Å². The maximum absolute atomic E-state index is 11.6. The van der Waals surface area contributed by atoms with Crippen LogP contribution in [0.3, 0.4) is 0 Å². The van der Waals surface area contributed by atoms with E-state index in [0.29, 0.717) is 4.75 Å². The van der Waals surface area contributed by atoms with Gasteiger partial charge in [-0.2, -0.15) is 11.8 Å². The summed E-state index contributed by atoms with van der Waals surface area (Å²) in [5, 5.41) is 6.26. The molecule has 0 atom stereocenters. The van der Waals surface area contributed by atoms with E-state index in [0.717, 1.165) is 32.5 Å². The number of amides is 1. The summed E-state index contributed by atoms with van der Waals surface area (Å²) in [6.45, 7) is 3.02. The van der Waals surface area contributed by atoms with Gasteiger partial charge in [0.15, 0.2) is 0 Å². The van der Waals surface area contributed by atoms with E-state index in [1.807, 2.05) is 11.8 Å². The van der Waals surface area contributed by atoms with Crippen molar-refractivity contribution in [3.05, 3.63) is 0 Å². The van der Waals surface area contributed by atoms with E-state index in [9.17, 15) is 4.79 Å². The van der Waals surface area contributed by atoms with Gasteiger partial charge in [0.25, 0.3) is 0 Å². The normalized spacial score (nSPS) is 23.4. The SMILES string of the molecule is CSC1(CNC(=O)COC2CCNCC2)CC1. The molecule has 1 saturated carbocycles. The fraction of sp³-hybridized carbons (Fsp3) is 0.917. The lowest BCUT2D eigenvalue weighted by atomic mass is 10.1. The van der Waals surface area contributed by atoms with Gasteiger partial charge in [-0.1, -0.05) is 0 Å². The van der Waals surface area contributed by atoms with Gasteiger partial charge in [-0.05, 0) is 45.0 Å². The second-order valence-electron chi connectivity index (χ2n) is 4.92. The molecule has 1 amide bonds. The van der Waals surface area contributed by atoms with Crippen LogP contribution in [0.5, 0.6) is 0 Å². The van der Waals surface area contributed by atoms with Crippen molar-refractivity contribution in [2.45, 2.75) is 36.5 Å². The highest BCUT2D eigenvalue weighted by Gasteiger charge is 2.41. The molecule has 0 bridgehead atoms. The van der Waals surface area contributed by atoms with Gasteiger partial charge in [-0.3, -0.25) is 4.79 Å². The molecular formula is C12H22N2O2S. The lowest BCUT2D eigenvalue weighted by molar-refractivity contribution is -0.128. The molecule has 0 aromatic carbocycles. The molecule has 0 spiro atoms. The zero-order valence-corrected chi connectivity index (χ0v) is 11.3. The average Bonchev–Trinajstić information content (AvgIpc) is 3.16. The number of carbonyl (C=O) groups excluding carboxylic acids is 1. The molecule has 2 rings (SSSR count). The Morgan fingerprint density at radius 2 is 2.18 bits per heavy atom. The van der Waals surface area contributed by atoms with Gasteiger partial charge < -0.3 is 15.4 Å². The van der Waals surface area contributed by atoms with Crippen molar-refractivity contribution in [3.63, 3.8) is 0 Å². The van der Waals surface area contributed by atoms with Gasteiger partial charge in [-0.25, -0.2) is 0 Å². The van der Waals surface area contributed by atoms with E-state index < -0.39 is 0 Å². The highest BCUT2D eigenvalue weighted by molar-refractivity contribution is 8.00. The predicted octanol–water partition coefficient (Wildman–Crippen LogP) is 0.767. The van der Waals surface area contributed by atoms with Crippen LogP contribution in [-0.2, 0) is 9.53 Å². The second kappa shape index (κ2) is 6.07. The van der Waals surface area contributed by atoms with Crippen molar-refractivity contribution >= 4 is 17.7 Å². The van der Waals surface area contributed by atoms with Gasteiger partial charge in [0, 0.05) is 11.3 Å². The second-order valence-corrected chi connectivity index (χ2v) is 6.20. The Morgan fingerprint density at radius 3 is 2.76 bits per heavy atom. The van der Waals surface area contributed by atoms with E-state index in [-0.39, 0.29) is 18.6 Å². The molecule has 0 unspecified atom stereocenters. The summed E-state index contributed by atoms with van der Waals surface area (Å²) in [6.07, 6.45) is 6.86. The van der Waals surface area contributed by atoms with Gasteiger partial charge in [-0.15, -0.1) is 0 Å². The minimum absolute atomic E-state index is 0.0313. The van der Waals surface area contributed by atoms with Gasteiger partial charge >= 0.3 is 0 Å². The zero-order valence-electron chi connectivity index (χ0n) is 10.5. The van der Waals surface area contributed by atoms with Crippen molar-refractivity contribution in [1.82, 2.24) is 10.6 Å². The first kappa shape index (κ1) is 13.2. The molecule has 2 aliphatic rings. The van der Waals surface area contributed by atoms with Crippen LogP contribution >= 0.6 is 11.8 Å². The largest absolute Gasteiger partial charge is 0.368 e. The molecule has 1 aliphatic carbocycles. The predicted molar refractivity (Wildman–Crippen MR) is 70.3 cm³/mol. The first-order chi connectivity index (χ1) is 8.24. The monoisotopic (exact) mass is 258 g/mol. The summed E-state index contributed by atoms with van der Waals surface area (Å²) in [4.78, 5) is 11.6. The third-order valence-electron chi connectivity index (χ3n) is 3.58. The van der Waals surface area contributed by atoms with Crippen molar-refractivity contribution in [1.29, 1.82) is 0 Å². The molecule has 4 nitrogen and oxygen atoms in total. The Balaban J connectivity index is 1.57. The first-order valence-corrected chi connectivity index (χ1v) is 7.61. The first-order valence-electron chi connectivity index (χ1n) is 6.38. The third-order valence-corrected chi connectivity index (χ3v) is 5.00. The summed E-state index contributed by atoms with van der Waals surface area (Å²) in [7, 11) is 0. The van der Waals surface area contributed by atoms with Crippen molar-refractivity contribution in [3.8, 4) is 0 Å². The molecule has 0 aromatic heterocycles. The van der Waals surface area contributed by atoms with Crippen LogP contribution in [0.1, 0.15) is 25.7 Å². The van der Waals surface area contributed by atoms with Crippen molar-refractivity contribution in [2.24, 2.45) is 0 Å². The topological polar surface area (TPSA) is 50.4 Å². The molecule has 2 fully saturated rings. The molecule has 17 heavy (non-hydrogen) atoms. The Labute approximate surface area is 107 Å². The minimum atomic E-state index is 0.0313. The number of carbonyl (C=O) groups is 1. The Bertz CT molecular complexity index is 263. The molecular weight excluding hydrogens is 236 g/mol. The minimum Gasteiger partial charge on any atom is -0.368 e. The lowest BCUT2D eigenvalue weighted by Gasteiger charge is -2.22. The smallest absolute Gasteiger partial charge is 0.246 e. The van der Waals surface area contributed by atoms with Crippen LogP contribution in [0.25, 0.3) is 0 Å². The summed E-state index contributed by atoms with van der Waals surface area (Å²) in [5.41, 5.74) is 0. The Morgan fingerprint density at radius 1 is 1.47 bits per heavy atom. The van der Waals surface area contributed by atoms with Crippen LogP contribution in [-0.4, -0.2) is 49.3 Å². The summed E-state index contributed by atoms with van der Waals surface area (Å²) < 4.78 is 5.94. The zero-order chi connectivity index (χ0) is 12.1. The Hall–Kier alpha value is -0.260. The molecule has 2 N–H and O–H groups in total. The molecule has 1 aliphatic heterocycles. The molecule has 98 valence electrons. The van der Waals surface area contributed by atoms with Crippen molar-refractivity contribution < 1.29 is 9.53 Å². The van der Waals surface area contributed by atoms with Gasteiger partial charge in [0.2, 0.25) is 5.91 Å². The molecule has 0 aromatic rings.